The Hall–Kier alpha value is -0.920. The van der Waals surface area contributed by atoms with E-state index in [4.69, 9.17) is 22.6 Å². The highest BCUT2D eigenvalue weighted by Gasteiger charge is 2.07. The first-order valence-corrected chi connectivity index (χ1v) is 4.87. The Morgan fingerprint density at radius 2 is 2.38 bits per heavy atom. The van der Waals surface area contributed by atoms with Crippen molar-refractivity contribution in [3.05, 3.63) is 17.3 Å². The summed E-state index contributed by atoms with van der Waals surface area (Å²) in [5.74, 6) is 0. The summed E-state index contributed by atoms with van der Waals surface area (Å²) < 4.78 is 0. The maximum atomic E-state index is 8.58. The molecule has 1 unspecified atom stereocenters. The fraction of sp³-hybridized carbons (Fsp3) is 0.250. The van der Waals surface area contributed by atoms with Crippen LogP contribution in [-0.2, 0) is 0 Å². The quantitative estimate of drug-likeness (QED) is 0.605. The summed E-state index contributed by atoms with van der Waals surface area (Å²) >= 11 is 6.98. The van der Waals surface area contributed by atoms with Crippen LogP contribution in [0.15, 0.2) is 17.2 Å². The molecule has 0 amide bonds. The number of nitrogens with zero attached hydrogens (tertiary/aromatic N) is 2. The van der Waals surface area contributed by atoms with Crippen LogP contribution >= 0.6 is 23.4 Å². The van der Waals surface area contributed by atoms with Crippen LogP contribution in [0.4, 0.5) is 5.69 Å². The van der Waals surface area contributed by atoms with E-state index in [0.29, 0.717) is 15.9 Å². The van der Waals surface area contributed by atoms with Crippen molar-refractivity contribution in [2.75, 3.05) is 5.73 Å². The average molecular weight is 214 g/mol. The number of thioether (sulfide) groups is 1. The highest BCUT2D eigenvalue weighted by atomic mass is 35.5. The van der Waals surface area contributed by atoms with Crippen LogP contribution in [0.5, 0.6) is 0 Å². The van der Waals surface area contributed by atoms with Gasteiger partial charge in [0.2, 0.25) is 0 Å². The number of anilines is 1. The van der Waals surface area contributed by atoms with Gasteiger partial charge in [-0.3, -0.25) is 0 Å². The van der Waals surface area contributed by atoms with Gasteiger partial charge in [-0.1, -0.05) is 23.4 Å². The molecule has 1 heterocycles. The van der Waals surface area contributed by atoms with Gasteiger partial charge in [0, 0.05) is 0 Å². The highest BCUT2D eigenvalue weighted by molar-refractivity contribution is 8.00. The number of nitrogens with two attached hydrogens (primary N) is 1. The van der Waals surface area contributed by atoms with Crippen molar-refractivity contribution in [3.63, 3.8) is 0 Å². The Kier molecular flexibility index (Phi) is 3.40. The number of hydrogen-bond donors (Lipinski definition) is 1. The van der Waals surface area contributed by atoms with Crippen molar-refractivity contribution in [1.29, 1.82) is 5.26 Å². The molecule has 0 saturated heterocycles. The Balaban J connectivity index is 2.88. The standard InChI is InChI=1S/C8H8ClN3S/c1-5(4-10)13-8-6(11)2-3-7(9)12-8/h2-3,5H,11H2,1H3. The first-order valence-electron chi connectivity index (χ1n) is 3.62. The van der Waals surface area contributed by atoms with E-state index in [1.54, 1.807) is 19.1 Å². The number of nitrogen functional groups attached to an aromatic ring is 1. The molecule has 1 aromatic heterocycles. The van der Waals surface area contributed by atoms with Gasteiger partial charge in [0.15, 0.2) is 0 Å². The first kappa shape index (κ1) is 10.2. The van der Waals surface area contributed by atoms with Crippen LogP contribution in [0.1, 0.15) is 6.92 Å². The molecule has 1 rings (SSSR count). The average Bonchev–Trinajstić information content (AvgIpc) is 2.11. The second-order valence-electron chi connectivity index (χ2n) is 2.42. The summed E-state index contributed by atoms with van der Waals surface area (Å²) in [5, 5.41) is 9.41. The normalized spacial score (nSPS) is 12.1. The van der Waals surface area contributed by atoms with Gasteiger partial charge in [-0.2, -0.15) is 5.26 Å². The minimum atomic E-state index is -0.173. The van der Waals surface area contributed by atoms with E-state index in [-0.39, 0.29) is 5.25 Å². The van der Waals surface area contributed by atoms with Gasteiger partial charge in [0.1, 0.15) is 10.2 Å². The molecule has 1 aromatic rings. The minimum absolute atomic E-state index is 0.173. The number of nitriles is 1. The molecule has 13 heavy (non-hydrogen) atoms. The van der Waals surface area contributed by atoms with Crippen molar-refractivity contribution >= 4 is 29.1 Å². The molecule has 0 saturated carbocycles. The first-order chi connectivity index (χ1) is 6.13. The van der Waals surface area contributed by atoms with E-state index >= 15 is 0 Å². The predicted molar refractivity (Wildman–Crippen MR) is 54.6 cm³/mol. The van der Waals surface area contributed by atoms with Crippen LogP contribution in [-0.4, -0.2) is 10.2 Å². The molecule has 0 aromatic carbocycles. The van der Waals surface area contributed by atoms with Crippen LogP contribution < -0.4 is 5.73 Å². The van der Waals surface area contributed by atoms with E-state index < -0.39 is 0 Å². The molecule has 1 atom stereocenters. The van der Waals surface area contributed by atoms with E-state index in [9.17, 15) is 0 Å². The van der Waals surface area contributed by atoms with Gasteiger partial charge in [-0.25, -0.2) is 4.98 Å². The van der Waals surface area contributed by atoms with Gasteiger partial charge in [0.25, 0.3) is 0 Å². The van der Waals surface area contributed by atoms with Crippen molar-refractivity contribution in [3.8, 4) is 6.07 Å². The second-order valence-corrected chi connectivity index (χ2v) is 4.13. The topological polar surface area (TPSA) is 62.7 Å². The summed E-state index contributed by atoms with van der Waals surface area (Å²) in [7, 11) is 0. The maximum Gasteiger partial charge on any atom is 0.130 e. The fourth-order valence-electron chi connectivity index (χ4n) is 0.717. The van der Waals surface area contributed by atoms with Crippen LogP contribution in [0.2, 0.25) is 5.15 Å². The zero-order valence-electron chi connectivity index (χ0n) is 6.99. The molecule has 0 fully saturated rings. The van der Waals surface area contributed by atoms with E-state index in [0.717, 1.165) is 0 Å². The molecule has 0 spiro atoms. The van der Waals surface area contributed by atoms with Gasteiger partial charge in [-0.05, 0) is 19.1 Å². The highest BCUT2D eigenvalue weighted by Crippen LogP contribution is 2.27. The molecular formula is C8H8ClN3S. The number of rotatable bonds is 2. The summed E-state index contributed by atoms with van der Waals surface area (Å²) in [4.78, 5) is 4.01. The fourth-order valence-corrected chi connectivity index (χ4v) is 1.66. The van der Waals surface area contributed by atoms with Crippen molar-refractivity contribution in [2.45, 2.75) is 17.2 Å². The Morgan fingerprint density at radius 1 is 1.69 bits per heavy atom. The number of hydrogen-bond acceptors (Lipinski definition) is 4. The lowest BCUT2D eigenvalue weighted by atomic mass is 10.4. The number of halogens is 1. The van der Waals surface area contributed by atoms with Crippen LogP contribution in [0, 0.1) is 11.3 Å². The number of aromatic nitrogens is 1. The molecule has 5 heteroatoms. The van der Waals surface area contributed by atoms with Gasteiger partial charge in [0.05, 0.1) is 17.0 Å². The molecule has 0 aliphatic carbocycles. The molecule has 2 N–H and O–H groups in total. The molecule has 68 valence electrons. The zero-order chi connectivity index (χ0) is 9.84. The Bertz CT molecular complexity index is 348. The third kappa shape index (κ3) is 2.79. The molecule has 0 bridgehead atoms. The second kappa shape index (κ2) is 4.35. The van der Waals surface area contributed by atoms with E-state index in [1.165, 1.54) is 11.8 Å². The third-order valence-electron chi connectivity index (χ3n) is 1.33. The van der Waals surface area contributed by atoms with Crippen molar-refractivity contribution in [1.82, 2.24) is 4.98 Å². The van der Waals surface area contributed by atoms with Gasteiger partial charge in [-0.15, -0.1) is 0 Å². The van der Waals surface area contributed by atoms with Gasteiger partial charge < -0.3 is 5.73 Å². The monoisotopic (exact) mass is 213 g/mol. The van der Waals surface area contributed by atoms with Crippen molar-refractivity contribution < 1.29 is 0 Å². The summed E-state index contributed by atoms with van der Waals surface area (Å²) in [6, 6.07) is 5.39. The van der Waals surface area contributed by atoms with E-state index in [1.807, 2.05) is 0 Å². The summed E-state index contributed by atoms with van der Waals surface area (Å²) in [6.45, 7) is 1.78. The smallest absolute Gasteiger partial charge is 0.130 e. The van der Waals surface area contributed by atoms with Gasteiger partial charge >= 0.3 is 0 Å². The Morgan fingerprint density at radius 3 is 3.00 bits per heavy atom. The third-order valence-corrected chi connectivity index (χ3v) is 2.55. The SMILES string of the molecule is CC(C#N)Sc1nc(Cl)ccc1N. The summed E-state index contributed by atoms with van der Waals surface area (Å²) in [5.41, 5.74) is 6.19. The Labute approximate surface area is 85.9 Å². The van der Waals surface area contributed by atoms with Crippen molar-refractivity contribution in [2.24, 2.45) is 0 Å². The molecule has 0 aliphatic rings. The molecule has 0 radical (unpaired) electrons. The lowest BCUT2D eigenvalue weighted by Gasteiger charge is -2.04. The van der Waals surface area contributed by atoms with E-state index in [2.05, 4.69) is 11.1 Å². The molecule has 0 aliphatic heterocycles. The largest absolute Gasteiger partial charge is 0.397 e. The number of pyridine rings is 1. The lowest BCUT2D eigenvalue weighted by molar-refractivity contribution is 1.12. The lowest BCUT2D eigenvalue weighted by Crippen LogP contribution is -1.96. The molecular weight excluding hydrogens is 206 g/mol. The minimum Gasteiger partial charge on any atom is -0.397 e. The van der Waals surface area contributed by atoms with Crippen LogP contribution in [0.25, 0.3) is 0 Å². The summed E-state index contributed by atoms with van der Waals surface area (Å²) in [6.07, 6.45) is 0. The van der Waals surface area contributed by atoms with Crippen LogP contribution in [0.3, 0.4) is 0 Å². The molecule has 3 nitrogen and oxygen atoms in total. The maximum absolute atomic E-state index is 8.58. The predicted octanol–water partition coefficient (Wildman–Crippen LogP) is 2.32. The zero-order valence-corrected chi connectivity index (χ0v) is 8.56.